The number of para-hydroxylation sites is 1. The van der Waals surface area contributed by atoms with E-state index in [2.05, 4.69) is 5.32 Å². The van der Waals surface area contributed by atoms with Gasteiger partial charge in [0.2, 0.25) is 5.91 Å². The van der Waals surface area contributed by atoms with Crippen LogP contribution in [0.1, 0.15) is 34.8 Å². The van der Waals surface area contributed by atoms with Gasteiger partial charge in [-0.1, -0.05) is 77.8 Å². The maximum atomic E-state index is 13.4. The lowest BCUT2D eigenvalue weighted by atomic mass is 9.95. The van der Waals surface area contributed by atoms with Crippen LogP contribution in [0.3, 0.4) is 0 Å². The summed E-state index contributed by atoms with van der Waals surface area (Å²) in [7, 11) is 0. The van der Waals surface area contributed by atoms with Gasteiger partial charge in [0.15, 0.2) is 5.78 Å². The molecular formula is C26H22Cl2N2O2. The van der Waals surface area contributed by atoms with Crippen LogP contribution >= 0.6 is 23.2 Å². The van der Waals surface area contributed by atoms with Crippen molar-refractivity contribution in [2.24, 2.45) is 0 Å². The minimum atomic E-state index is -0.810. The molecule has 0 fully saturated rings. The van der Waals surface area contributed by atoms with Crippen molar-refractivity contribution in [2.75, 3.05) is 5.32 Å². The fourth-order valence-electron chi connectivity index (χ4n) is 3.77. The third-order valence-electron chi connectivity index (χ3n) is 5.72. The first-order chi connectivity index (χ1) is 15.4. The van der Waals surface area contributed by atoms with Crippen LogP contribution in [0.5, 0.6) is 0 Å². The normalized spacial score (nSPS) is 17.4. The van der Waals surface area contributed by atoms with E-state index in [-0.39, 0.29) is 11.7 Å². The molecule has 3 aromatic carbocycles. The predicted octanol–water partition coefficient (Wildman–Crippen LogP) is 6.34. The molecule has 162 valence electrons. The van der Waals surface area contributed by atoms with Crippen molar-refractivity contribution in [3.05, 3.63) is 112 Å². The highest BCUT2D eigenvalue weighted by Gasteiger charge is 2.40. The summed E-state index contributed by atoms with van der Waals surface area (Å²) in [5.41, 5.74) is 1.66. The van der Waals surface area contributed by atoms with Gasteiger partial charge < -0.3 is 10.2 Å². The minimum Gasteiger partial charge on any atom is -0.359 e. The molecule has 0 spiro atoms. The van der Waals surface area contributed by atoms with Crippen LogP contribution in [-0.2, 0) is 11.3 Å². The van der Waals surface area contributed by atoms with Crippen molar-refractivity contribution < 1.29 is 9.59 Å². The van der Waals surface area contributed by atoms with Crippen molar-refractivity contribution in [3.63, 3.8) is 0 Å². The van der Waals surface area contributed by atoms with E-state index in [0.717, 1.165) is 5.56 Å². The van der Waals surface area contributed by atoms with Gasteiger partial charge in [-0.15, -0.1) is 0 Å². The number of rotatable bonds is 6. The molecule has 32 heavy (non-hydrogen) atoms. The Kier molecular flexibility index (Phi) is 6.35. The van der Waals surface area contributed by atoms with E-state index < -0.39 is 5.54 Å². The second-order valence-corrected chi connectivity index (χ2v) is 8.75. The van der Waals surface area contributed by atoms with Gasteiger partial charge in [-0.2, -0.15) is 0 Å². The zero-order valence-electron chi connectivity index (χ0n) is 17.5. The number of carbonyl (C=O) groups is 2. The first-order valence-corrected chi connectivity index (χ1v) is 11.0. The molecule has 6 heteroatoms. The van der Waals surface area contributed by atoms with Gasteiger partial charge >= 0.3 is 0 Å². The Bertz CT molecular complexity index is 1190. The molecule has 1 amide bonds. The average Bonchev–Trinajstić information content (AvgIpc) is 3.18. The number of halogens is 2. The fraction of sp³-hybridized carbons (Fsp3) is 0.154. The topological polar surface area (TPSA) is 49.4 Å². The Morgan fingerprint density at radius 1 is 0.969 bits per heavy atom. The van der Waals surface area contributed by atoms with E-state index in [1.807, 2.05) is 54.4 Å². The summed E-state index contributed by atoms with van der Waals surface area (Å²) in [6.45, 7) is 2.39. The molecule has 0 saturated heterocycles. The van der Waals surface area contributed by atoms with Gasteiger partial charge in [-0.05, 0) is 49.4 Å². The molecule has 0 bridgehead atoms. The lowest BCUT2D eigenvalue weighted by Gasteiger charge is -2.35. The smallest absolute Gasteiger partial charge is 0.250 e. The molecule has 0 aliphatic carbocycles. The Morgan fingerprint density at radius 3 is 2.44 bits per heavy atom. The number of hydrogen-bond donors (Lipinski definition) is 1. The number of amides is 1. The van der Waals surface area contributed by atoms with Crippen molar-refractivity contribution in [1.82, 2.24) is 4.90 Å². The molecule has 1 aliphatic heterocycles. The summed E-state index contributed by atoms with van der Waals surface area (Å²) >= 11 is 12.2. The van der Waals surface area contributed by atoms with Gasteiger partial charge in [0, 0.05) is 17.7 Å². The summed E-state index contributed by atoms with van der Waals surface area (Å²) < 4.78 is 0. The fourth-order valence-corrected chi connectivity index (χ4v) is 4.09. The first kappa shape index (κ1) is 22.1. The summed E-state index contributed by atoms with van der Waals surface area (Å²) in [4.78, 5) is 28.4. The molecule has 1 aliphatic rings. The van der Waals surface area contributed by atoms with Crippen LogP contribution in [-0.4, -0.2) is 22.1 Å². The highest BCUT2D eigenvalue weighted by Crippen LogP contribution is 2.32. The molecule has 0 unspecified atom stereocenters. The van der Waals surface area contributed by atoms with Crippen LogP contribution in [0.25, 0.3) is 0 Å². The molecule has 4 rings (SSSR count). The van der Waals surface area contributed by atoms with E-state index >= 15 is 0 Å². The van der Waals surface area contributed by atoms with Crippen molar-refractivity contribution in [3.8, 4) is 0 Å². The number of hydrogen-bond acceptors (Lipinski definition) is 3. The van der Waals surface area contributed by atoms with Crippen molar-refractivity contribution >= 4 is 40.6 Å². The third-order valence-corrected chi connectivity index (χ3v) is 6.46. The van der Waals surface area contributed by atoms with Crippen LogP contribution in [0.15, 0.2) is 85.1 Å². The number of anilines is 1. The molecule has 1 heterocycles. The van der Waals surface area contributed by atoms with Gasteiger partial charge in [-0.25, -0.2) is 0 Å². The molecule has 0 aromatic heterocycles. The molecule has 0 saturated carbocycles. The minimum absolute atomic E-state index is 0.135. The molecule has 3 aromatic rings. The van der Waals surface area contributed by atoms with E-state index in [9.17, 15) is 9.59 Å². The largest absolute Gasteiger partial charge is 0.359 e. The highest BCUT2D eigenvalue weighted by atomic mass is 35.5. The first-order valence-electron chi connectivity index (χ1n) is 10.3. The Balaban J connectivity index is 1.56. The van der Waals surface area contributed by atoms with Gasteiger partial charge in [-0.3, -0.25) is 9.59 Å². The lowest BCUT2D eigenvalue weighted by Crippen LogP contribution is -2.49. The summed E-state index contributed by atoms with van der Waals surface area (Å²) in [5.74, 6) is -0.320. The third kappa shape index (κ3) is 4.43. The Labute approximate surface area is 197 Å². The van der Waals surface area contributed by atoms with Crippen LogP contribution in [0.2, 0.25) is 10.0 Å². The molecule has 1 atom stereocenters. The molecule has 1 N–H and O–H groups in total. The van der Waals surface area contributed by atoms with E-state index in [0.29, 0.717) is 39.8 Å². The maximum Gasteiger partial charge on any atom is 0.250 e. The Hall–Kier alpha value is -3.08. The molecular weight excluding hydrogens is 443 g/mol. The second-order valence-electron chi connectivity index (χ2n) is 7.93. The Morgan fingerprint density at radius 2 is 1.69 bits per heavy atom. The maximum absolute atomic E-state index is 13.4. The number of ketones is 1. The van der Waals surface area contributed by atoms with Gasteiger partial charge in [0.1, 0.15) is 5.54 Å². The quantitative estimate of drug-likeness (QED) is 0.432. The van der Waals surface area contributed by atoms with Crippen LogP contribution < -0.4 is 5.32 Å². The average molecular weight is 465 g/mol. The van der Waals surface area contributed by atoms with E-state index in [4.69, 9.17) is 23.2 Å². The SMILES string of the molecule is C[C@]1(C(=O)Nc2ccccc2C(=O)c2ccccc2)CC=CN1Cc1ccc(Cl)c(Cl)c1. The van der Waals surface area contributed by atoms with E-state index in [1.54, 1.807) is 42.5 Å². The zero-order chi connectivity index (χ0) is 22.7. The lowest BCUT2D eigenvalue weighted by molar-refractivity contribution is -0.125. The van der Waals surface area contributed by atoms with E-state index in [1.165, 1.54) is 0 Å². The monoisotopic (exact) mass is 464 g/mol. The van der Waals surface area contributed by atoms with Crippen LogP contribution in [0.4, 0.5) is 5.69 Å². The second kappa shape index (κ2) is 9.19. The van der Waals surface area contributed by atoms with Crippen molar-refractivity contribution in [1.29, 1.82) is 0 Å². The number of benzene rings is 3. The predicted molar refractivity (Wildman–Crippen MR) is 129 cm³/mol. The van der Waals surface area contributed by atoms with Gasteiger partial charge in [0.25, 0.3) is 0 Å². The summed E-state index contributed by atoms with van der Waals surface area (Å²) in [6, 6.07) is 21.6. The van der Waals surface area contributed by atoms with Gasteiger partial charge in [0.05, 0.1) is 15.7 Å². The zero-order valence-corrected chi connectivity index (χ0v) is 19.0. The molecule has 4 nitrogen and oxygen atoms in total. The van der Waals surface area contributed by atoms with Crippen LogP contribution in [0, 0.1) is 0 Å². The number of carbonyl (C=O) groups excluding carboxylic acids is 2. The summed E-state index contributed by atoms with van der Waals surface area (Å²) in [6.07, 6.45) is 4.44. The standard InChI is InChI=1S/C26H22Cl2N2O2/c1-26(14-7-15-30(26)17-18-12-13-21(27)22(28)16-18)25(32)29-23-11-6-5-10-20(23)24(31)19-8-3-2-4-9-19/h2-13,15-16H,14,17H2,1H3,(H,29,32)/t26-/m1/s1. The highest BCUT2D eigenvalue weighted by molar-refractivity contribution is 6.42. The van der Waals surface area contributed by atoms with Crippen molar-refractivity contribution in [2.45, 2.75) is 25.4 Å². The number of nitrogens with zero attached hydrogens (tertiary/aromatic N) is 1. The number of nitrogens with one attached hydrogen (secondary N) is 1. The molecule has 0 radical (unpaired) electrons. The summed E-state index contributed by atoms with van der Waals surface area (Å²) in [5, 5.41) is 3.96.